The highest BCUT2D eigenvalue weighted by Gasteiger charge is 2.09. The van der Waals surface area contributed by atoms with Crippen LogP contribution >= 0.6 is 0 Å². The van der Waals surface area contributed by atoms with Gasteiger partial charge < -0.3 is 9.84 Å². The molecule has 0 aliphatic heterocycles. The van der Waals surface area contributed by atoms with Gasteiger partial charge in [-0.1, -0.05) is 32.4 Å². The predicted octanol–water partition coefficient (Wildman–Crippen LogP) is 5.67. The Hall–Kier alpha value is -1.44. The topological polar surface area (TPSA) is 29.5 Å². The van der Waals surface area contributed by atoms with Gasteiger partial charge in [0.15, 0.2) is 0 Å². The molecule has 1 atom stereocenters. The number of aromatic hydroxyl groups is 1. The molecular weight excluding hydrogens is 272 g/mol. The molecule has 0 aliphatic carbocycles. The first-order valence-electron chi connectivity index (χ1n) is 8.58. The summed E-state index contributed by atoms with van der Waals surface area (Å²) in [6.07, 6.45) is 7.45. The fraction of sp³-hybridized carbons (Fsp3) is 0.600. The summed E-state index contributed by atoms with van der Waals surface area (Å²) in [7, 11) is 0. The van der Waals surface area contributed by atoms with E-state index in [-0.39, 0.29) is 0 Å². The summed E-state index contributed by atoms with van der Waals surface area (Å²) >= 11 is 0. The van der Waals surface area contributed by atoms with Gasteiger partial charge in [0.05, 0.1) is 6.61 Å². The van der Waals surface area contributed by atoms with E-state index in [1.54, 1.807) is 0 Å². The van der Waals surface area contributed by atoms with Crippen LogP contribution in [0.5, 0.6) is 11.5 Å². The number of hydrogen-bond acceptors (Lipinski definition) is 2. The third kappa shape index (κ3) is 6.13. The van der Waals surface area contributed by atoms with Crippen LogP contribution < -0.4 is 4.74 Å². The van der Waals surface area contributed by atoms with Crippen molar-refractivity contribution in [2.24, 2.45) is 5.92 Å². The zero-order chi connectivity index (χ0) is 16.5. The maximum absolute atomic E-state index is 9.94. The smallest absolute Gasteiger partial charge is 0.123 e. The fourth-order valence-corrected chi connectivity index (χ4v) is 2.52. The third-order valence-electron chi connectivity index (χ3n) is 4.10. The van der Waals surface area contributed by atoms with Gasteiger partial charge in [-0.2, -0.15) is 0 Å². The molecule has 0 heterocycles. The van der Waals surface area contributed by atoms with Crippen LogP contribution in [0.2, 0.25) is 0 Å². The lowest BCUT2D eigenvalue weighted by Crippen LogP contribution is -2.06. The Bertz CT molecular complexity index is 485. The molecule has 1 N–H and O–H groups in total. The highest BCUT2D eigenvalue weighted by Crippen LogP contribution is 2.29. The molecule has 0 saturated heterocycles. The van der Waals surface area contributed by atoms with Crippen LogP contribution in [0.4, 0.5) is 0 Å². The molecule has 2 heteroatoms. The van der Waals surface area contributed by atoms with Gasteiger partial charge in [-0.05, 0) is 75.1 Å². The molecule has 0 spiro atoms. The SMILES string of the molecule is CCc1cc(OCCC(C)CCC=C(C)C)c(CC)cc1O. The van der Waals surface area contributed by atoms with Gasteiger partial charge in [0.25, 0.3) is 0 Å². The van der Waals surface area contributed by atoms with E-state index in [0.29, 0.717) is 11.7 Å². The van der Waals surface area contributed by atoms with Crippen LogP contribution in [-0.4, -0.2) is 11.7 Å². The first kappa shape index (κ1) is 18.6. The second-order valence-electron chi connectivity index (χ2n) is 6.40. The molecule has 0 aliphatic rings. The maximum atomic E-state index is 9.94. The second-order valence-corrected chi connectivity index (χ2v) is 6.40. The Morgan fingerprint density at radius 1 is 1.14 bits per heavy atom. The third-order valence-corrected chi connectivity index (χ3v) is 4.10. The Morgan fingerprint density at radius 2 is 1.82 bits per heavy atom. The largest absolute Gasteiger partial charge is 0.508 e. The summed E-state index contributed by atoms with van der Waals surface area (Å²) in [5.41, 5.74) is 3.45. The van der Waals surface area contributed by atoms with Gasteiger partial charge in [0, 0.05) is 0 Å². The summed E-state index contributed by atoms with van der Waals surface area (Å²) in [6, 6.07) is 3.86. The molecule has 0 bridgehead atoms. The first-order valence-corrected chi connectivity index (χ1v) is 8.58. The monoisotopic (exact) mass is 304 g/mol. The van der Waals surface area contributed by atoms with E-state index in [9.17, 15) is 5.11 Å². The summed E-state index contributed by atoms with van der Waals surface area (Å²) in [5, 5.41) is 9.94. The van der Waals surface area contributed by atoms with E-state index in [0.717, 1.165) is 49.2 Å². The molecule has 0 saturated carbocycles. The molecule has 0 radical (unpaired) electrons. The molecule has 22 heavy (non-hydrogen) atoms. The van der Waals surface area contributed by atoms with Gasteiger partial charge in [-0.3, -0.25) is 0 Å². The van der Waals surface area contributed by atoms with E-state index < -0.39 is 0 Å². The zero-order valence-electron chi connectivity index (χ0n) is 14.9. The van der Waals surface area contributed by atoms with Crippen LogP contribution in [0.25, 0.3) is 0 Å². The van der Waals surface area contributed by atoms with Gasteiger partial charge in [-0.25, -0.2) is 0 Å². The number of ether oxygens (including phenoxy) is 1. The fourth-order valence-electron chi connectivity index (χ4n) is 2.52. The van der Waals surface area contributed by atoms with Crippen LogP contribution in [0.3, 0.4) is 0 Å². The lowest BCUT2D eigenvalue weighted by molar-refractivity contribution is 0.277. The number of aryl methyl sites for hydroxylation is 2. The minimum Gasteiger partial charge on any atom is -0.508 e. The minimum atomic E-state index is 0.391. The van der Waals surface area contributed by atoms with E-state index in [4.69, 9.17) is 4.74 Å². The summed E-state index contributed by atoms with van der Waals surface area (Å²) in [5.74, 6) is 2.00. The molecular formula is C20H32O2. The number of rotatable bonds is 9. The van der Waals surface area contributed by atoms with Crippen molar-refractivity contribution in [1.82, 2.24) is 0 Å². The molecule has 1 aromatic rings. The minimum absolute atomic E-state index is 0.391. The van der Waals surface area contributed by atoms with E-state index in [1.807, 2.05) is 12.1 Å². The number of benzene rings is 1. The lowest BCUT2D eigenvalue weighted by atomic mass is 10.0. The predicted molar refractivity (Wildman–Crippen MR) is 94.8 cm³/mol. The van der Waals surface area contributed by atoms with Crippen molar-refractivity contribution in [2.45, 2.75) is 66.7 Å². The molecule has 2 nitrogen and oxygen atoms in total. The van der Waals surface area contributed by atoms with Gasteiger partial charge in [0.2, 0.25) is 0 Å². The molecule has 1 rings (SSSR count). The molecule has 124 valence electrons. The quantitative estimate of drug-likeness (QED) is 0.596. The van der Waals surface area contributed by atoms with Crippen LogP contribution in [0, 0.1) is 5.92 Å². The number of allylic oxidation sites excluding steroid dienone is 2. The van der Waals surface area contributed by atoms with E-state index in [1.165, 1.54) is 12.0 Å². The highest BCUT2D eigenvalue weighted by atomic mass is 16.5. The maximum Gasteiger partial charge on any atom is 0.123 e. The number of phenolic OH excluding ortho intramolecular Hbond substituents is 1. The Kier molecular flexibility index (Phi) is 8.08. The molecule has 0 fully saturated rings. The van der Waals surface area contributed by atoms with Crippen LogP contribution in [0.1, 0.15) is 65.0 Å². The van der Waals surface area contributed by atoms with Crippen molar-refractivity contribution in [3.8, 4) is 11.5 Å². The van der Waals surface area contributed by atoms with Crippen LogP contribution in [-0.2, 0) is 12.8 Å². The van der Waals surface area contributed by atoms with Crippen molar-refractivity contribution in [1.29, 1.82) is 0 Å². The van der Waals surface area contributed by atoms with E-state index in [2.05, 4.69) is 40.7 Å². The number of phenols is 1. The van der Waals surface area contributed by atoms with Gasteiger partial charge >= 0.3 is 0 Å². The molecule has 0 amide bonds. The second kappa shape index (κ2) is 9.55. The van der Waals surface area contributed by atoms with Crippen molar-refractivity contribution < 1.29 is 9.84 Å². The normalized spacial score (nSPS) is 12.0. The summed E-state index contributed by atoms with van der Waals surface area (Å²) in [4.78, 5) is 0. The first-order chi connectivity index (χ1) is 10.5. The van der Waals surface area contributed by atoms with Crippen LogP contribution in [0.15, 0.2) is 23.8 Å². The molecule has 1 aromatic carbocycles. The Morgan fingerprint density at radius 3 is 2.41 bits per heavy atom. The summed E-state index contributed by atoms with van der Waals surface area (Å²) < 4.78 is 6.00. The van der Waals surface area contributed by atoms with Crippen molar-refractivity contribution in [3.63, 3.8) is 0 Å². The van der Waals surface area contributed by atoms with Crippen molar-refractivity contribution in [3.05, 3.63) is 34.9 Å². The van der Waals surface area contributed by atoms with Crippen molar-refractivity contribution in [2.75, 3.05) is 6.61 Å². The van der Waals surface area contributed by atoms with Gasteiger partial charge in [0.1, 0.15) is 11.5 Å². The Balaban J connectivity index is 2.52. The standard InChI is InChI=1S/C20H32O2/c1-6-17-14-20(18(7-2)13-19(17)21)22-12-11-16(5)10-8-9-15(3)4/h9,13-14,16,21H,6-8,10-12H2,1-5H3. The van der Waals surface area contributed by atoms with Crippen molar-refractivity contribution >= 4 is 0 Å². The zero-order valence-corrected chi connectivity index (χ0v) is 14.9. The van der Waals surface area contributed by atoms with Gasteiger partial charge in [-0.15, -0.1) is 0 Å². The van der Waals surface area contributed by atoms with E-state index >= 15 is 0 Å². The lowest BCUT2D eigenvalue weighted by Gasteiger charge is -2.15. The Labute approximate surface area is 136 Å². The molecule has 0 aromatic heterocycles. The molecule has 1 unspecified atom stereocenters. The number of hydrogen-bond donors (Lipinski definition) is 1. The highest BCUT2D eigenvalue weighted by molar-refractivity contribution is 5.45. The average molecular weight is 304 g/mol. The summed E-state index contributed by atoms with van der Waals surface area (Å²) in [6.45, 7) is 11.5. The average Bonchev–Trinajstić information content (AvgIpc) is 2.47.